The van der Waals surface area contributed by atoms with Gasteiger partial charge in [-0.3, -0.25) is 15.0 Å². The fourth-order valence-corrected chi connectivity index (χ4v) is 1.60. The molecule has 0 unspecified atom stereocenters. The number of nitro groups is 1. The first-order chi connectivity index (χ1) is 7.16. The summed E-state index contributed by atoms with van der Waals surface area (Å²) in [4.78, 5) is 12.3. The van der Waals surface area contributed by atoms with Crippen LogP contribution in [0.25, 0.3) is 0 Å². The van der Waals surface area contributed by atoms with Crippen LogP contribution in [0.15, 0.2) is 18.2 Å². The van der Waals surface area contributed by atoms with Crippen molar-refractivity contribution in [2.24, 2.45) is 0 Å². The highest BCUT2D eigenvalue weighted by atomic mass is 16.6. The summed E-state index contributed by atoms with van der Waals surface area (Å²) < 4.78 is 5.46. The molecule has 0 spiro atoms. The Bertz CT molecular complexity index is 392. The van der Waals surface area contributed by atoms with Gasteiger partial charge in [-0.15, -0.1) is 0 Å². The van der Waals surface area contributed by atoms with Crippen molar-refractivity contribution < 1.29 is 9.66 Å². The predicted octanol–water partition coefficient (Wildman–Crippen LogP) is 1.42. The summed E-state index contributed by atoms with van der Waals surface area (Å²) >= 11 is 0. The van der Waals surface area contributed by atoms with Crippen molar-refractivity contribution in [2.75, 3.05) is 20.2 Å². The molecular formula is C10H12N2O3. The second-order valence-corrected chi connectivity index (χ2v) is 3.64. The Balaban J connectivity index is 2.35. The second-order valence-electron chi connectivity index (χ2n) is 3.64. The zero-order valence-corrected chi connectivity index (χ0v) is 8.47. The number of rotatable bonds is 1. The molecule has 0 saturated heterocycles. The minimum absolute atomic E-state index is 0.0818. The van der Waals surface area contributed by atoms with Crippen LogP contribution in [0, 0.1) is 10.1 Å². The summed E-state index contributed by atoms with van der Waals surface area (Å²) in [6, 6.07) is 4.77. The van der Waals surface area contributed by atoms with E-state index in [9.17, 15) is 10.1 Å². The van der Waals surface area contributed by atoms with Crippen molar-refractivity contribution in [3.63, 3.8) is 0 Å². The smallest absolute Gasteiger partial charge is 0.273 e. The molecule has 2 rings (SSSR count). The van der Waals surface area contributed by atoms with E-state index in [1.165, 1.54) is 12.1 Å². The maximum Gasteiger partial charge on any atom is 0.273 e. The van der Waals surface area contributed by atoms with Crippen LogP contribution in [0.2, 0.25) is 0 Å². The third kappa shape index (κ3) is 2.07. The first-order valence-corrected chi connectivity index (χ1v) is 4.75. The topological polar surface area (TPSA) is 55.6 Å². The molecule has 1 heterocycles. The zero-order chi connectivity index (χ0) is 10.8. The van der Waals surface area contributed by atoms with E-state index in [2.05, 4.69) is 4.90 Å². The molecule has 1 aromatic carbocycles. The summed E-state index contributed by atoms with van der Waals surface area (Å²) in [7, 11) is 2.00. The Morgan fingerprint density at radius 3 is 3.07 bits per heavy atom. The lowest BCUT2D eigenvalue weighted by molar-refractivity contribution is -0.384. The first-order valence-electron chi connectivity index (χ1n) is 4.75. The number of likely N-dealkylation sites (N-methyl/N-ethyl adjacent to an activating group) is 1. The van der Waals surface area contributed by atoms with Crippen molar-refractivity contribution in [1.82, 2.24) is 4.90 Å². The van der Waals surface area contributed by atoms with Gasteiger partial charge in [-0.05, 0) is 13.1 Å². The van der Waals surface area contributed by atoms with Crippen LogP contribution in [0.3, 0.4) is 0 Å². The first kappa shape index (κ1) is 9.92. The molecule has 0 aromatic heterocycles. The fourth-order valence-electron chi connectivity index (χ4n) is 1.60. The molecule has 0 N–H and O–H groups in total. The number of ether oxygens (including phenoxy) is 1. The van der Waals surface area contributed by atoms with E-state index in [1.54, 1.807) is 6.07 Å². The minimum Gasteiger partial charge on any atom is -0.492 e. The highest BCUT2D eigenvalue weighted by molar-refractivity contribution is 5.44. The maximum atomic E-state index is 10.6. The van der Waals surface area contributed by atoms with Crippen LogP contribution in [0.4, 0.5) is 5.69 Å². The number of nitro benzene ring substituents is 1. The Kier molecular flexibility index (Phi) is 2.55. The number of benzene rings is 1. The van der Waals surface area contributed by atoms with Crippen LogP contribution < -0.4 is 4.74 Å². The molecule has 1 aliphatic heterocycles. The normalized spacial score (nSPS) is 16.3. The molecule has 1 aromatic rings. The Labute approximate surface area is 87.4 Å². The zero-order valence-electron chi connectivity index (χ0n) is 8.47. The van der Waals surface area contributed by atoms with Crippen molar-refractivity contribution in [3.05, 3.63) is 33.9 Å². The standard InChI is InChI=1S/C10H12N2O3/c1-11-4-5-15-10-6-9(12(13)14)3-2-8(10)7-11/h2-3,6H,4-5,7H2,1H3. The summed E-state index contributed by atoms with van der Waals surface area (Å²) in [5, 5.41) is 10.6. The van der Waals surface area contributed by atoms with Gasteiger partial charge in [-0.2, -0.15) is 0 Å². The van der Waals surface area contributed by atoms with Gasteiger partial charge in [0, 0.05) is 24.7 Å². The van der Waals surface area contributed by atoms with Gasteiger partial charge in [0.25, 0.3) is 5.69 Å². The third-order valence-electron chi connectivity index (χ3n) is 2.43. The van der Waals surface area contributed by atoms with Gasteiger partial charge >= 0.3 is 0 Å². The Hall–Kier alpha value is -1.62. The lowest BCUT2D eigenvalue weighted by Gasteiger charge is -2.10. The quantitative estimate of drug-likeness (QED) is 0.517. The van der Waals surface area contributed by atoms with E-state index < -0.39 is 4.92 Å². The van der Waals surface area contributed by atoms with Crippen molar-refractivity contribution >= 4 is 5.69 Å². The molecule has 5 heteroatoms. The van der Waals surface area contributed by atoms with E-state index in [1.807, 2.05) is 7.05 Å². The molecule has 0 amide bonds. The summed E-state index contributed by atoms with van der Waals surface area (Å²) in [6.07, 6.45) is 0. The van der Waals surface area contributed by atoms with Crippen LogP contribution in [-0.4, -0.2) is 30.0 Å². The highest BCUT2D eigenvalue weighted by Crippen LogP contribution is 2.27. The summed E-state index contributed by atoms with van der Waals surface area (Å²) in [5.74, 6) is 0.633. The fraction of sp³-hybridized carbons (Fsp3) is 0.400. The lowest BCUT2D eigenvalue weighted by Crippen LogP contribution is -2.20. The summed E-state index contributed by atoms with van der Waals surface area (Å²) in [5.41, 5.74) is 1.08. The van der Waals surface area contributed by atoms with Gasteiger partial charge in [-0.1, -0.05) is 0 Å². The monoisotopic (exact) mass is 208 g/mol. The number of non-ortho nitro benzene ring substituents is 1. The van der Waals surface area contributed by atoms with Crippen molar-refractivity contribution in [2.45, 2.75) is 6.54 Å². The van der Waals surface area contributed by atoms with Crippen molar-refractivity contribution in [1.29, 1.82) is 0 Å². The molecule has 0 aliphatic carbocycles. The molecule has 0 fully saturated rings. The van der Waals surface area contributed by atoms with Gasteiger partial charge in [-0.25, -0.2) is 0 Å². The average molecular weight is 208 g/mol. The highest BCUT2D eigenvalue weighted by Gasteiger charge is 2.15. The molecule has 15 heavy (non-hydrogen) atoms. The number of hydrogen-bond donors (Lipinski definition) is 0. The van der Waals surface area contributed by atoms with E-state index in [-0.39, 0.29) is 5.69 Å². The van der Waals surface area contributed by atoms with E-state index in [0.29, 0.717) is 12.4 Å². The Morgan fingerprint density at radius 1 is 1.53 bits per heavy atom. The van der Waals surface area contributed by atoms with Crippen LogP contribution in [0.1, 0.15) is 5.56 Å². The predicted molar refractivity (Wildman–Crippen MR) is 54.9 cm³/mol. The van der Waals surface area contributed by atoms with E-state index in [0.717, 1.165) is 18.7 Å². The molecule has 0 radical (unpaired) electrons. The van der Waals surface area contributed by atoms with Gasteiger partial charge < -0.3 is 4.74 Å². The lowest BCUT2D eigenvalue weighted by atomic mass is 10.2. The molecule has 5 nitrogen and oxygen atoms in total. The van der Waals surface area contributed by atoms with Gasteiger partial charge in [0.1, 0.15) is 12.4 Å². The van der Waals surface area contributed by atoms with Gasteiger partial charge in [0.05, 0.1) is 11.0 Å². The molecule has 1 aliphatic rings. The molecular weight excluding hydrogens is 196 g/mol. The van der Waals surface area contributed by atoms with Gasteiger partial charge in [0.15, 0.2) is 0 Å². The number of fused-ring (bicyclic) bond motifs is 1. The third-order valence-corrected chi connectivity index (χ3v) is 2.43. The Morgan fingerprint density at radius 2 is 2.33 bits per heavy atom. The molecule has 80 valence electrons. The van der Waals surface area contributed by atoms with Crippen LogP contribution in [-0.2, 0) is 6.54 Å². The molecule has 0 bridgehead atoms. The molecule has 0 saturated carbocycles. The van der Waals surface area contributed by atoms with E-state index >= 15 is 0 Å². The van der Waals surface area contributed by atoms with E-state index in [4.69, 9.17) is 4.74 Å². The van der Waals surface area contributed by atoms with Crippen LogP contribution in [0.5, 0.6) is 5.75 Å². The summed E-state index contributed by atoms with van der Waals surface area (Å²) in [6.45, 7) is 2.18. The number of nitrogens with zero attached hydrogens (tertiary/aromatic N) is 2. The average Bonchev–Trinajstić information content (AvgIpc) is 2.37. The van der Waals surface area contributed by atoms with Crippen LogP contribution >= 0.6 is 0 Å². The number of hydrogen-bond acceptors (Lipinski definition) is 4. The molecule has 0 atom stereocenters. The second kappa shape index (κ2) is 3.86. The van der Waals surface area contributed by atoms with Gasteiger partial charge in [0.2, 0.25) is 0 Å². The largest absolute Gasteiger partial charge is 0.492 e. The maximum absolute atomic E-state index is 10.6. The SMILES string of the molecule is CN1CCOc2cc([N+](=O)[O-])ccc2C1. The minimum atomic E-state index is -0.405. The van der Waals surface area contributed by atoms with Crippen molar-refractivity contribution in [3.8, 4) is 5.75 Å².